The third-order valence-corrected chi connectivity index (χ3v) is 5.08. The third kappa shape index (κ3) is 4.54. The van der Waals surface area contributed by atoms with Gasteiger partial charge in [0.1, 0.15) is 11.5 Å². The Balaban J connectivity index is 1.37. The second kappa shape index (κ2) is 8.31. The van der Waals surface area contributed by atoms with Gasteiger partial charge in [0.05, 0.1) is 11.9 Å². The molecule has 29 heavy (non-hydrogen) atoms. The van der Waals surface area contributed by atoms with E-state index in [1.165, 1.54) is 0 Å². The van der Waals surface area contributed by atoms with Crippen LogP contribution in [-0.2, 0) is 0 Å². The van der Waals surface area contributed by atoms with Crippen molar-refractivity contribution in [2.45, 2.75) is 13.8 Å². The Bertz CT molecular complexity index is 960. The van der Waals surface area contributed by atoms with Gasteiger partial charge in [0.2, 0.25) is 0 Å². The van der Waals surface area contributed by atoms with Gasteiger partial charge in [0.15, 0.2) is 0 Å². The first-order chi connectivity index (χ1) is 14.1. The number of nitrogens with zero attached hydrogens (tertiary/aromatic N) is 4. The maximum absolute atomic E-state index is 12.5. The molecule has 1 aliphatic heterocycles. The highest BCUT2D eigenvalue weighted by Crippen LogP contribution is 2.19. The van der Waals surface area contributed by atoms with Gasteiger partial charge in [0, 0.05) is 38.1 Å². The van der Waals surface area contributed by atoms with Gasteiger partial charge < -0.3 is 15.1 Å². The molecule has 3 heterocycles. The Kier molecular flexibility index (Phi) is 5.42. The maximum Gasteiger partial charge on any atom is 0.274 e. The average Bonchev–Trinajstić information content (AvgIpc) is 2.74. The first-order valence-electron chi connectivity index (χ1n) is 9.85. The van der Waals surface area contributed by atoms with E-state index in [1.807, 2.05) is 56.4 Å². The van der Waals surface area contributed by atoms with Gasteiger partial charge in [-0.05, 0) is 61.4 Å². The van der Waals surface area contributed by atoms with E-state index in [9.17, 15) is 4.79 Å². The van der Waals surface area contributed by atoms with Crippen LogP contribution in [0.5, 0.6) is 0 Å². The molecule has 0 aliphatic carbocycles. The molecule has 6 heteroatoms. The minimum Gasteiger partial charge on any atom is -0.367 e. The van der Waals surface area contributed by atoms with Gasteiger partial charge in [-0.3, -0.25) is 4.79 Å². The summed E-state index contributed by atoms with van der Waals surface area (Å²) in [4.78, 5) is 25.9. The van der Waals surface area contributed by atoms with E-state index in [0.29, 0.717) is 5.69 Å². The van der Waals surface area contributed by atoms with Crippen molar-refractivity contribution in [2.75, 3.05) is 41.3 Å². The number of amides is 1. The van der Waals surface area contributed by atoms with Crippen LogP contribution in [0.3, 0.4) is 0 Å². The van der Waals surface area contributed by atoms with E-state index >= 15 is 0 Å². The standard InChI is InChI=1S/C23H25N5O/c1-17-13-18(2)15-19(14-17)26-23(29)21-7-6-20(16-25-21)27-9-11-28(12-10-27)22-5-3-4-8-24-22/h3-8,13-16H,9-12H2,1-2H3,(H,26,29). The Labute approximate surface area is 171 Å². The van der Waals surface area contributed by atoms with Gasteiger partial charge in [-0.2, -0.15) is 0 Å². The third-order valence-electron chi connectivity index (χ3n) is 5.08. The number of aryl methyl sites for hydroxylation is 2. The maximum atomic E-state index is 12.5. The monoisotopic (exact) mass is 387 g/mol. The number of aromatic nitrogens is 2. The zero-order valence-electron chi connectivity index (χ0n) is 16.8. The van der Waals surface area contributed by atoms with Crippen LogP contribution in [0.25, 0.3) is 0 Å². The molecule has 6 nitrogen and oxygen atoms in total. The molecule has 0 atom stereocenters. The summed E-state index contributed by atoms with van der Waals surface area (Å²) in [6, 6.07) is 15.7. The van der Waals surface area contributed by atoms with Gasteiger partial charge in [-0.25, -0.2) is 9.97 Å². The molecule has 0 unspecified atom stereocenters. The fraction of sp³-hybridized carbons (Fsp3) is 0.261. The summed E-state index contributed by atoms with van der Waals surface area (Å²) >= 11 is 0. The zero-order valence-corrected chi connectivity index (χ0v) is 16.8. The molecule has 1 saturated heterocycles. The molecule has 0 radical (unpaired) electrons. The zero-order chi connectivity index (χ0) is 20.2. The van der Waals surface area contributed by atoms with Crippen LogP contribution < -0.4 is 15.1 Å². The lowest BCUT2D eigenvalue weighted by atomic mass is 10.1. The van der Waals surface area contributed by atoms with E-state index in [4.69, 9.17) is 0 Å². The van der Waals surface area contributed by atoms with E-state index in [-0.39, 0.29) is 5.91 Å². The SMILES string of the molecule is Cc1cc(C)cc(NC(=O)c2ccc(N3CCN(c4ccccn4)CC3)cn2)c1. The molecule has 1 aliphatic rings. The lowest BCUT2D eigenvalue weighted by molar-refractivity contribution is 0.102. The number of carbonyl (C=O) groups is 1. The fourth-order valence-electron chi connectivity index (χ4n) is 3.68. The summed E-state index contributed by atoms with van der Waals surface area (Å²) in [5.74, 6) is 0.824. The Morgan fingerprint density at radius 1 is 0.897 bits per heavy atom. The number of nitrogens with one attached hydrogen (secondary N) is 1. The molecule has 0 saturated carbocycles. The van der Waals surface area contributed by atoms with E-state index in [1.54, 1.807) is 12.3 Å². The molecule has 2 aromatic heterocycles. The van der Waals surface area contributed by atoms with Crippen molar-refractivity contribution in [2.24, 2.45) is 0 Å². The molecule has 0 spiro atoms. The van der Waals surface area contributed by atoms with Crippen LogP contribution in [-0.4, -0.2) is 42.1 Å². The minimum atomic E-state index is -0.193. The summed E-state index contributed by atoms with van der Waals surface area (Å²) in [6.45, 7) is 7.64. The van der Waals surface area contributed by atoms with Crippen molar-refractivity contribution < 1.29 is 4.79 Å². The van der Waals surface area contributed by atoms with E-state index in [2.05, 4.69) is 31.2 Å². The topological polar surface area (TPSA) is 61.4 Å². The first kappa shape index (κ1) is 18.9. The Morgan fingerprint density at radius 2 is 1.62 bits per heavy atom. The number of rotatable bonds is 4. The molecule has 0 bridgehead atoms. The number of carbonyl (C=O) groups excluding carboxylic acids is 1. The highest BCUT2D eigenvalue weighted by molar-refractivity contribution is 6.03. The summed E-state index contributed by atoms with van der Waals surface area (Å²) in [7, 11) is 0. The van der Waals surface area contributed by atoms with Crippen molar-refractivity contribution in [3.05, 3.63) is 77.7 Å². The van der Waals surface area contributed by atoms with E-state index in [0.717, 1.165) is 54.5 Å². The first-order valence-corrected chi connectivity index (χ1v) is 9.85. The number of anilines is 3. The molecule has 1 fully saturated rings. The largest absolute Gasteiger partial charge is 0.367 e. The molecular weight excluding hydrogens is 362 g/mol. The van der Waals surface area contributed by atoms with Crippen LogP contribution in [0, 0.1) is 13.8 Å². The molecule has 4 rings (SSSR count). The molecule has 1 aromatic carbocycles. The number of pyridine rings is 2. The quantitative estimate of drug-likeness (QED) is 0.740. The summed E-state index contributed by atoms with van der Waals surface area (Å²) in [5, 5.41) is 2.93. The molecule has 1 amide bonds. The van der Waals surface area contributed by atoms with Crippen molar-refractivity contribution >= 4 is 23.1 Å². The Morgan fingerprint density at radius 3 is 2.24 bits per heavy atom. The van der Waals surface area contributed by atoms with Crippen molar-refractivity contribution in [3.63, 3.8) is 0 Å². The summed E-state index contributed by atoms with van der Waals surface area (Å²) in [6.07, 6.45) is 3.61. The van der Waals surface area contributed by atoms with Crippen molar-refractivity contribution in [3.8, 4) is 0 Å². The number of hydrogen-bond acceptors (Lipinski definition) is 5. The van der Waals surface area contributed by atoms with Crippen LogP contribution >= 0.6 is 0 Å². The predicted octanol–water partition coefficient (Wildman–Crippen LogP) is 3.67. The van der Waals surface area contributed by atoms with Crippen molar-refractivity contribution in [1.82, 2.24) is 9.97 Å². The Hall–Kier alpha value is -3.41. The lowest BCUT2D eigenvalue weighted by Gasteiger charge is -2.36. The summed E-state index contributed by atoms with van der Waals surface area (Å²) < 4.78 is 0. The van der Waals surface area contributed by atoms with Gasteiger partial charge in [0.25, 0.3) is 5.91 Å². The van der Waals surface area contributed by atoms with Crippen LogP contribution in [0.4, 0.5) is 17.2 Å². The smallest absolute Gasteiger partial charge is 0.274 e. The minimum absolute atomic E-state index is 0.193. The number of hydrogen-bond donors (Lipinski definition) is 1. The second-order valence-electron chi connectivity index (χ2n) is 7.39. The van der Waals surface area contributed by atoms with Crippen LogP contribution in [0.1, 0.15) is 21.6 Å². The molecule has 1 N–H and O–H groups in total. The number of benzene rings is 1. The summed E-state index contributed by atoms with van der Waals surface area (Å²) in [5.41, 5.74) is 4.49. The average molecular weight is 387 g/mol. The second-order valence-corrected chi connectivity index (χ2v) is 7.39. The van der Waals surface area contributed by atoms with Gasteiger partial charge >= 0.3 is 0 Å². The highest BCUT2D eigenvalue weighted by Gasteiger charge is 2.19. The van der Waals surface area contributed by atoms with Crippen molar-refractivity contribution in [1.29, 1.82) is 0 Å². The fourth-order valence-corrected chi connectivity index (χ4v) is 3.68. The van der Waals surface area contributed by atoms with Crippen LogP contribution in [0.2, 0.25) is 0 Å². The van der Waals surface area contributed by atoms with Crippen LogP contribution in [0.15, 0.2) is 60.9 Å². The molecule has 148 valence electrons. The lowest BCUT2D eigenvalue weighted by Crippen LogP contribution is -2.46. The van der Waals surface area contributed by atoms with Gasteiger partial charge in [-0.1, -0.05) is 12.1 Å². The molecule has 3 aromatic rings. The molecular formula is C23H25N5O. The van der Waals surface area contributed by atoms with Gasteiger partial charge in [-0.15, -0.1) is 0 Å². The van der Waals surface area contributed by atoms with E-state index < -0.39 is 0 Å². The highest BCUT2D eigenvalue weighted by atomic mass is 16.1. The number of piperazine rings is 1. The predicted molar refractivity (Wildman–Crippen MR) is 117 cm³/mol. The normalized spacial score (nSPS) is 14.0.